The van der Waals surface area contributed by atoms with Gasteiger partial charge < -0.3 is 15.6 Å². The normalized spacial score (nSPS) is 18.6. The molecule has 1 aromatic carbocycles. The molecular weight excluding hydrogens is 202 g/mol. The Morgan fingerprint density at radius 2 is 2.00 bits per heavy atom. The number of benzene rings is 1. The Kier molecular flexibility index (Phi) is 3.80. The highest BCUT2D eigenvalue weighted by molar-refractivity contribution is 5.35. The number of ether oxygens (including phenoxy) is 1. The van der Waals surface area contributed by atoms with E-state index in [1.807, 2.05) is 24.3 Å². The molecule has 3 nitrogen and oxygen atoms in total. The quantitative estimate of drug-likeness (QED) is 0.817. The second kappa shape index (κ2) is 5.32. The predicted molar refractivity (Wildman–Crippen MR) is 63.3 cm³/mol. The number of hydrogen-bond acceptors (Lipinski definition) is 3. The van der Waals surface area contributed by atoms with Crippen LogP contribution in [0.1, 0.15) is 37.4 Å². The van der Waals surface area contributed by atoms with Crippen molar-refractivity contribution >= 4 is 0 Å². The third-order valence-electron chi connectivity index (χ3n) is 3.10. The standard InChI is InChI=1S/C13H19NO2/c14-9-12(15)11-7-3-4-8-13(11)16-10-5-1-2-6-10/h3-4,7-8,10,12,15H,1-2,5-6,9,14H2. The fourth-order valence-electron chi connectivity index (χ4n) is 2.18. The van der Waals surface area contributed by atoms with Crippen molar-refractivity contribution in [1.29, 1.82) is 0 Å². The van der Waals surface area contributed by atoms with E-state index in [0.29, 0.717) is 6.10 Å². The van der Waals surface area contributed by atoms with Crippen LogP contribution in [0.15, 0.2) is 24.3 Å². The third kappa shape index (κ3) is 2.54. The summed E-state index contributed by atoms with van der Waals surface area (Å²) in [7, 11) is 0. The van der Waals surface area contributed by atoms with Crippen molar-refractivity contribution in [2.45, 2.75) is 37.9 Å². The molecule has 0 bridgehead atoms. The molecule has 2 rings (SSSR count). The number of hydrogen-bond donors (Lipinski definition) is 2. The van der Waals surface area contributed by atoms with Gasteiger partial charge in [-0.2, -0.15) is 0 Å². The lowest BCUT2D eigenvalue weighted by Gasteiger charge is -2.18. The smallest absolute Gasteiger partial charge is 0.125 e. The molecule has 0 aliphatic heterocycles. The molecule has 3 N–H and O–H groups in total. The fraction of sp³-hybridized carbons (Fsp3) is 0.538. The molecule has 16 heavy (non-hydrogen) atoms. The van der Waals surface area contributed by atoms with E-state index < -0.39 is 6.10 Å². The summed E-state index contributed by atoms with van der Waals surface area (Å²) in [6, 6.07) is 7.61. The van der Waals surface area contributed by atoms with Crippen molar-refractivity contribution in [3.8, 4) is 5.75 Å². The first-order valence-corrected chi connectivity index (χ1v) is 5.95. The predicted octanol–water partition coefficient (Wildman–Crippen LogP) is 2.00. The van der Waals surface area contributed by atoms with Gasteiger partial charge in [-0.3, -0.25) is 0 Å². The Hall–Kier alpha value is -1.06. The van der Waals surface area contributed by atoms with Crippen LogP contribution in [-0.2, 0) is 0 Å². The van der Waals surface area contributed by atoms with Gasteiger partial charge in [-0.1, -0.05) is 18.2 Å². The largest absolute Gasteiger partial charge is 0.490 e. The van der Waals surface area contributed by atoms with Gasteiger partial charge in [0, 0.05) is 12.1 Å². The molecule has 0 heterocycles. The van der Waals surface area contributed by atoms with Gasteiger partial charge in [0.25, 0.3) is 0 Å². The van der Waals surface area contributed by atoms with E-state index in [4.69, 9.17) is 10.5 Å². The van der Waals surface area contributed by atoms with Crippen molar-refractivity contribution in [3.63, 3.8) is 0 Å². The highest BCUT2D eigenvalue weighted by atomic mass is 16.5. The van der Waals surface area contributed by atoms with E-state index in [-0.39, 0.29) is 6.54 Å². The Morgan fingerprint density at radius 3 is 2.69 bits per heavy atom. The monoisotopic (exact) mass is 221 g/mol. The molecule has 1 aliphatic rings. The summed E-state index contributed by atoms with van der Waals surface area (Å²) in [5, 5.41) is 9.78. The number of aliphatic hydroxyl groups is 1. The van der Waals surface area contributed by atoms with Gasteiger partial charge in [-0.25, -0.2) is 0 Å². The second-order valence-electron chi connectivity index (χ2n) is 4.31. The van der Waals surface area contributed by atoms with Crippen LogP contribution < -0.4 is 10.5 Å². The molecule has 1 atom stereocenters. The molecule has 3 heteroatoms. The molecule has 0 amide bonds. The van der Waals surface area contributed by atoms with Crippen LogP contribution in [0.3, 0.4) is 0 Å². The molecule has 88 valence electrons. The summed E-state index contributed by atoms with van der Waals surface area (Å²) in [5.74, 6) is 0.785. The average molecular weight is 221 g/mol. The molecule has 1 unspecified atom stereocenters. The van der Waals surface area contributed by atoms with E-state index in [1.54, 1.807) is 0 Å². The molecule has 0 radical (unpaired) electrons. The molecule has 0 spiro atoms. The molecular formula is C13H19NO2. The lowest BCUT2D eigenvalue weighted by atomic mass is 10.1. The Labute approximate surface area is 96.2 Å². The maximum absolute atomic E-state index is 9.78. The van der Waals surface area contributed by atoms with Crippen molar-refractivity contribution in [3.05, 3.63) is 29.8 Å². The van der Waals surface area contributed by atoms with Crippen LogP contribution in [0.5, 0.6) is 5.75 Å². The van der Waals surface area contributed by atoms with E-state index in [0.717, 1.165) is 24.2 Å². The van der Waals surface area contributed by atoms with Crippen molar-refractivity contribution in [2.24, 2.45) is 5.73 Å². The minimum atomic E-state index is -0.627. The van der Waals surface area contributed by atoms with E-state index in [9.17, 15) is 5.11 Å². The van der Waals surface area contributed by atoms with Crippen LogP contribution in [-0.4, -0.2) is 17.8 Å². The van der Waals surface area contributed by atoms with Gasteiger partial charge in [0.15, 0.2) is 0 Å². The maximum Gasteiger partial charge on any atom is 0.125 e. The van der Waals surface area contributed by atoms with E-state index in [1.165, 1.54) is 12.8 Å². The zero-order chi connectivity index (χ0) is 11.4. The van der Waals surface area contributed by atoms with Crippen LogP contribution in [0.25, 0.3) is 0 Å². The molecule has 1 aliphatic carbocycles. The highest BCUT2D eigenvalue weighted by Crippen LogP contribution is 2.29. The van der Waals surface area contributed by atoms with Crippen molar-refractivity contribution in [1.82, 2.24) is 0 Å². The number of rotatable bonds is 4. The molecule has 1 fully saturated rings. The fourth-order valence-corrected chi connectivity index (χ4v) is 2.18. The summed E-state index contributed by atoms with van der Waals surface area (Å²) in [6.07, 6.45) is 4.40. The van der Waals surface area contributed by atoms with Gasteiger partial charge in [0.05, 0.1) is 12.2 Å². The molecule has 0 aromatic heterocycles. The molecule has 1 aromatic rings. The molecule has 1 saturated carbocycles. The molecule has 0 saturated heterocycles. The average Bonchev–Trinajstić information content (AvgIpc) is 2.82. The van der Waals surface area contributed by atoms with Crippen LogP contribution in [0, 0.1) is 0 Å². The Morgan fingerprint density at radius 1 is 1.31 bits per heavy atom. The summed E-state index contributed by atoms with van der Waals surface area (Å²) in [4.78, 5) is 0. The third-order valence-corrected chi connectivity index (χ3v) is 3.10. The first-order chi connectivity index (χ1) is 7.81. The second-order valence-corrected chi connectivity index (χ2v) is 4.31. The number of nitrogens with two attached hydrogens (primary N) is 1. The zero-order valence-electron chi connectivity index (χ0n) is 9.43. The van der Waals surface area contributed by atoms with Gasteiger partial charge >= 0.3 is 0 Å². The van der Waals surface area contributed by atoms with Gasteiger partial charge in [-0.05, 0) is 31.7 Å². The van der Waals surface area contributed by atoms with Crippen molar-refractivity contribution < 1.29 is 9.84 Å². The zero-order valence-corrected chi connectivity index (χ0v) is 9.43. The van der Waals surface area contributed by atoms with Gasteiger partial charge in [0.2, 0.25) is 0 Å². The minimum absolute atomic E-state index is 0.227. The SMILES string of the molecule is NCC(O)c1ccccc1OC1CCCC1. The summed E-state index contributed by atoms with van der Waals surface area (Å²) >= 11 is 0. The van der Waals surface area contributed by atoms with Crippen LogP contribution >= 0.6 is 0 Å². The lowest BCUT2D eigenvalue weighted by Crippen LogP contribution is -2.16. The maximum atomic E-state index is 9.78. The number of aliphatic hydroxyl groups excluding tert-OH is 1. The Bertz CT molecular complexity index is 334. The summed E-state index contributed by atoms with van der Waals surface area (Å²) < 4.78 is 5.91. The summed E-state index contributed by atoms with van der Waals surface area (Å²) in [6.45, 7) is 0.227. The first kappa shape index (κ1) is 11.4. The van der Waals surface area contributed by atoms with Gasteiger partial charge in [0.1, 0.15) is 5.75 Å². The van der Waals surface area contributed by atoms with Crippen LogP contribution in [0.4, 0.5) is 0 Å². The van der Waals surface area contributed by atoms with E-state index in [2.05, 4.69) is 0 Å². The minimum Gasteiger partial charge on any atom is -0.490 e. The topological polar surface area (TPSA) is 55.5 Å². The van der Waals surface area contributed by atoms with E-state index >= 15 is 0 Å². The van der Waals surface area contributed by atoms with Gasteiger partial charge in [-0.15, -0.1) is 0 Å². The number of para-hydroxylation sites is 1. The van der Waals surface area contributed by atoms with Crippen LogP contribution in [0.2, 0.25) is 0 Å². The van der Waals surface area contributed by atoms with Crippen molar-refractivity contribution in [2.75, 3.05) is 6.54 Å². The summed E-state index contributed by atoms with van der Waals surface area (Å²) in [5.41, 5.74) is 6.28. The lowest BCUT2D eigenvalue weighted by molar-refractivity contribution is 0.166. The Balaban J connectivity index is 2.12. The first-order valence-electron chi connectivity index (χ1n) is 5.95. The highest BCUT2D eigenvalue weighted by Gasteiger charge is 2.19.